The molecule has 0 unspecified atom stereocenters. The van der Waals surface area contributed by atoms with Crippen molar-refractivity contribution in [1.29, 1.82) is 0 Å². The molecule has 1 aliphatic rings. The van der Waals surface area contributed by atoms with Crippen molar-refractivity contribution < 1.29 is 14.7 Å². The number of imide groups is 1. The van der Waals surface area contributed by atoms with Crippen LogP contribution in [0.1, 0.15) is 17.9 Å². The molecule has 1 aromatic rings. The van der Waals surface area contributed by atoms with Gasteiger partial charge in [-0.2, -0.15) is 0 Å². The number of carbonyl (C=O) groups excluding carboxylic acids is 1. The van der Waals surface area contributed by atoms with Crippen molar-refractivity contribution in [1.82, 2.24) is 4.90 Å². The van der Waals surface area contributed by atoms with Gasteiger partial charge >= 0.3 is 6.09 Å². The molecule has 1 aromatic carbocycles. The van der Waals surface area contributed by atoms with Gasteiger partial charge in [-0.25, -0.2) is 9.69 Å². The van der Waals surface area contributed by atoms with Crippen LogP contribution in [0.25, 0.3) is 0 Å². The average molecular weight is 205 g/mol. The molecule has 0 radical (unpaired) electrons. The Morgan fingerprint density at radius 3 is 2.53 bits per heavy atom. The molecule has 1 N–H and O–H groups in total. The maximum Gasteiger partial charge on any atom is 0.414 e. The summed E-state index contributed by atoms with van der Waals surface area (Å²) in [5.74, 6) is -0.601. The molecule has 4 heteroatoms. The number of likely N-dealkylation sites (tertiary alicyclic amines) is 1. The summed E-state index contributed by atoms with van der Waals surface area (Å²) in [6.45, 7) is 0.299. The number of hydrogen-bond acceptors (Lipinski definition) is 2. The predicted molar refractivity (Wildman–Crippen MR) is 53.5 cm³/mol. The van der Waals surface area contributed by atoms with Crippen LogP contribution in [-0.2, 0) is 4.79 Å². The van der Waals surface area contributed by atoms with Crippen molar-refractivity contribution in [2.75, 3.05) is 6.54 Å². The van der Waals surface area contributed by atoms with Crippen molar-refractivity contribution in [3.63, 3.8) is 0 Å². The van der Waals surface area contributed by atoms with Gasteiger partial charge in [0.1, 0.15) is 0 Å². The molecule has 0 spiro atoms. The van der Waals surface area contributed by atoms with E-state index >= 15 is 0 Å². The highest BCUT2D eigenvalue weighted by Crippen LogP contribution is 2.28. The lowest BCUT2D eigenvalue weighted by molar-refractivity contribution is -0.127. The summed E-state index contributed by atoms with van der Waals surface area (Å²) in [6, 6.07) is 9.29. The van der Waals surface area contributed by atoms with Crippen LogP contribution in [0.5, 0.6) is 0 Å². The van der Waals surface area contributed by atoms with Crippen molar-refractivity contribution in [3.05, 3.63) is 35.9 Å². The third-order valence-electron chi connectivity index (χ3n) is 2.64. The highest BCUT2D eigenvalue weighted by Gasteiger charge is 2.36. The number of carboxylic acid groups (broad SMARTS) is 1. The molecule has 2 rings (SSSR count). The predicted octanol–water partition coefficient (Wildman–Crippen LogP) is 1.68. The number of hydrogen-bond donors (Lipinski definition) is 1. The molecule has 1 saturated heterocycles. The molecule has 1 heterocycles. The Hall–Kier alpha value is -1.84. The van der Waals surface area contributed by atoms with Gasteiger partial charge in [0.05, 0.1) is 5.92 Å². The zero-order chi connectivity index (χ0) is 10.8. The van der Waals surface area contributed by atoms with Crippen LogP contribution < -0.4 is 0 Å². The van der Waals surface area contributed by atoms with E-state index in [1.54, 1.807) is 0 Å². The minimum absolute atomic E-state index is 0.290. The molecule has 4 nitrogen and oxygen atoms in total. The third-order valence-corrected chi connectivity index (χ3v) is 2.64. The second-order valence-corrected chi connectivity index (χ2v) is 3.52. The van der Waals surface area contributed by atoms with Gasteiger partial charge < -0.3 is 5.11 Å². The van der Waals surface area contributed by atoms with E-state index in [-0.39, 0.29) is 11.8 Å². The molecule has 0 aliphatic carbocycles. The number of rotatable bonds is 1. The monoisotopic (exact) mass is 205 g/mol. The summed E-state index contributed by atoms with van der Waals surface area (Å²) in [5, 5.41) is 8.75. The fourth-order valence-electron chi connectivity index (χ4n) is 1.86. The summed E-state index contributed by atoms with van der Waals surface area (Å²) < 4.78 is 0. The van der Waals surface area contributed by atoms with E-state index in [1.807, 2.05) is 30.3 Å². The first-order valence-electron chi connectivity index (χ1n) is 4.79. The molecule has 1 fully saturated rings. The summed E-state index contributed by atoms with van der Waals surface area (Å²) in [6.07, 6.45) is -0.576. The van der Waals surface area contributed by atoms with Gasteiger partial charge in [-0.3, -0.25) is 4.79 Å². The van der Waals surface area contributed by atoms with E-state index in [4.69, 9.17) is 5.11 Å². The zero-order valence-electron chi connectivity index (χ0n) is 8.09. The van der Waals surface area contributed by atoms with Gasteiger partial charge in [-0.15, -0.1) is 0 Å². The molecule has 15 heavy (non-hydrogen) atoms. The zero-order valence-corrected chi connectivity index (χ0v) is 8.09. The Morgan fingerprint density at radius 2 is 2.00 bits per heavy atom. The number of amides is 2. The van der Waals surface area contributed by atoms with Crippen LogP contribution in [-0.4, -0.2) is 28.6 Å². The Balaban J connectivity index is 2.21. The van der Waals surface area contributed by atoms with E-state index in [0.29, 0.717) is 13.0 Å². The van der Waals surface area contributed by atoms with Crippen molar-refractivity contribution in [3.8, 4) is 0 Å². The first-order valence-corrected chi connectivity index (χ1v) is 4.79. The van der Waals surface area contributed by atoms with Gasteiger partial charge in [-0.05, 0) is 12.0 Å². The van der Waals surface area contributed by atoms with E-state index in [2.05, 4.69) is 0 Å². The maximum atomic E-state index is 11.7. The van der Waals surface area contributed by atoms with Crippen LogP contribution in [0.15, 0.2) is 30.3 Å². The topological polar surface area (TPSA) is 57.6 Å². The molecular formula is C11H11NO3. The van der Waals surface area contributed by atoms with E-state index in [9.17, 15) is 9.59 Å². The van der Waals surface area contributed by atoms with Gasteiger partial charge in [0.2, 0.25) is 5.91 Å². The molecule has 0 saturated carbocycles. The molecule has 0 bridgehead atoms. The smallest absolute Gasteiger partial charge is 0.414 e. The third kappa shape index (κ3) is 1.70. The van der Waals surface area contributed by atoms with Crippen molar-refractivity contribution in [2.45, 2.75) is 12.3 Å². The second-order valence-electron chi connectivity index (χ2n) is 3.52. The maximum absolute atomic E-state index is 11.7. The lowest BCUT2D eigenvalue weighted by Gasteiger charge is -2.10. The molecule has 78 valence electrons. The fourth-order valence-corrected chi connectivity index (χ4v) is 1.86. The van der Waals surface area contributed by atoms with Crippen LogP contribution >= 0.6 is 0 Å². The van der Waals surface area contributed by atoms with Gasteiger partial charge in [0, 0.05) is 6.54 Å². The molecule has 1 aliphatic heterocycles. The highest BCUT2D eigenvalue weighted by molar-refractivity contribution is 5.96. The van der Waals surface area contributed by atoms with Gasteiger partial charge in [-0.1, -0.05) is 30.3 Å². The van der Waals surface area contributed by atoms with Crippen LogP contribution in [0, 0.1) is 0 Å². The summed E-state index contributed by atoms with van der Waals surface area (Å²) in [7, 11) is 0. The molecule has 1 atom stereocenters. The average Bonchev–Trinajstić information content (AvgIpc) is 2.61. The van der Waals surface area contributed by atoms with Gasteiger partial charge in [0.25, 0.3) is 0 Å². The quantitative estimate of drug-likeness (QED) is 0.758. The first-order chi connectivity index (χ1) is 7.20. The highest BCUT2D eigenvalue weighted by atomic mass is 16.4. The van der Waals surface area contributed by atoms with Crippen LogP contribution in [0.4, 0.5) is 4.79 Å². The Kier molecular flexibility index (Phi) is 2.41. The summed E-state index contributed by atoms with van der Waals surface area (Å²) >= 11 is 0. The second kappa shape index (κ2) is 3.73. The van der Waals surface area contributed by atoms with Crippen molar-refractivity contribution in [2.24, 2.45) is 0 Å². The largest absolute Gasteiger partial charge is 0.465 e. The van der Waals surface area contributed by atoms with Gasteiger partial charge in [0.15, 0.2) is 0 Å². The summed E-state index contributed by atoms with van der Waals surface area (Å²) in [5.41, 5.74) is 0.895. The van der Waals surface area contributed by atoms with E-state index in [0.717, 1.165) is 10.5 Å². The molecule has 0 aromatic heterocycles. The first kappa shape index (κ1) is 9.71. The SMILES string of the molecule is O=C(O)N1CC[C@@H](c2ccccc2)C1=O. The Bertz CT molecular complexity index is 388. The minimum atomic E-state index is -1.15. The lowest BCUT2D eigenvalue weighted by Crippen LogP contribution is -2.31. The summed E-state index contributed by atoms with van der Waals surface area (Å²) in [4.78, 5) is 23.3. The van der Waals surface area contributed by atoms with Crippen molar-refractivity contribution >= 4 is 12.0 Å². The van der Waals surface area contributed by atoms with Crippen LogP contribution in [0.2, 0.25) is 0 Å². The Morgan fingerprint density at radius 1 is 1.33 bits per heavy atom. The lowest BCUT2D eigenvalue weighted by atomic mass is 9.98. The molecular weight excluding hydrogens is 194 g/mol. The number of nitrogens with zero attached hydrogens (tertiary/aromatic N) is 1. The standard InChI is InChI=1S/C11H11NO3/c13-10-9(6-7-12(10)11(14)15)8-4-2-1-3-5-8/h1-5,9H,6-7H2,(H,14,15)/t9-/m0/s1. The number of benzene rings is 1. The minimum Gasteiger partial charge on any atom is -0.465 e. The Labute approximate surface area is 87.1 Å². The molecule has 2 amide bonds. The number of carbonyl (C=O) groups is 2. The van der Waals surface area contributed by atoms with E-state index in [1.165, 1.54) is 0 Å². The van der Waals surface area contributed by atoms with E-state index < -0.39 is 6.09 Å². The normalized spacial score (nSPS) is 20.7. The van der Waals surface area contributed by atoms with Crippen LogP contribution in [0.3, 0.4) is 0 Å². The fraction of sp³-hybridized carbons (Fsp3) is 0.273.